The van der Waals surface area contributed by atoms with Crippen LogP contribution in [-0.2, 0) is 9.59 Å². The quantitative estimate of drug-likeness (QED) is 0.868. The van der Waals surface area contributed by atoms with Crippen LogP contribution in [0, 0.1) is 6.92 Å². The molecule has 0 aliphatic carbocycles. The summed E-state index contributed by atoms with van der Waals surface area (Å²) >= 11 is 0. The highest BCUT2D eigenvalue weighted by molar-refractivity contribution is 5.85. The lowest BCUT2D eigenvalue weighted by atomic mass is 9.83. The van der Waals surface area contributed by atoms with E-state index in [0.717, 1.165) is 31.5 Å². The van der Waals surface area contributed by atoms with Crippen LogP contribution in [0.4, 0.5) is 0 Å². The van der Waals surface area contributed by atoms with Crippen molar-refractivity contribution < 1.29 is 14.3 Å². The molecule has 2 aliphatic heterocycles. The predicted molar refractivity (Wildman–Crippen MR) is 99.8 cm³/mol. The SMILES string of the molecule is Cc1cccc(OCC(=O)N2CCC(C(N)=O)(N3CCCCC3)CC2)c1. The molecule has 0 unspecified atom stereocenters. The van der Waals surface area contributed by atoms with Gasteiger partial charge in [-0.15, -0.1) is 0 Å². The molecule has 0 spiro atoms. The van der Waals surface area contributed by atoms with Crippen molar-refractivity contribution in [2.45, 2.75) is 44.6 Å². The maximum absolute atomic E-state index is 12.5. The van der Waals surface area contributed by atoms with Gasteiger partial charge in [-0.05, 0) is 63.4 Å². The Hall–Kier alpha value is -2.08. The summed E-state index contributed by atoms with van der Waals surface area (Å²) in [7, 11) is 0. The predicted octanol–water partition coefficient (Wildman–Crippen LogP) is 1.71. The van der Waals surface area contributed by atoms with Gasteiger partial charge in [0.25, 0.3) is 5.91 Å². The largest absolute Gasteiger partial charge is 0.484 e. The average molecular weight is 359 g/mol. The van der Waals surface area contributed by atoms with Gasteiger partial charge in [-0.2, -0.15) is 0 Å². The van der Waals surface area contributed by atoms with Gasteiger partial charge in [0.05, 0.1) is 0 Å². The van der Waals surface area contributed by atoms with Gasteiger partial charge in [0.2, 0.25) is 5.91 Å². The van der Waals surface area contributed by atoms with Gasteiger partial charge in [0.15, 0.2) is 6.61 Å². The molecule has 0 bridgehead atoms. The number of rotatable bonds is 5. The zero-order valence-corrected chi connectivity index (χ0v) is 15.6. The minimum Gasteiger partial charge on any atom is -0.484 e. The van der Waals surface area contributed by atoms with Crippen LogP contribution in [0.15, 0.2) is 24.3 Å². The standard InChI is InChI=1S/C20H29N3O3/c1-16-6-5-7-17(14-16)26-15-18(24)22-12-8-20(9-13-22,19(21)25)23-10-3-2-4-11-23/h5-7,14H,2-4,8-13,15H2,1H3,(H2,21,25). The van der Waals surface area contributed by atoms with Crippen molar-refractivity contribution in [3.05, 3.63) is 29.8 Å². The van der Waals surface area contributed by atoms with E-state index < -0.39 is 5.54 Å². The number of hydrogen-bond donors (Lipinski definition) is 1. The van der Waals surface area contributed by atoms with E-state index in [4.69, 9.17) is 10.5 Å². The monoisotopic (exact) mass is 359 g/mol. The van der Waals surface area contributed by atoms with Crippen LogP contribution >= 0.6 is 0 Å². The first-order valence-corrected chi connectivity index (χ1v) is 9.53. The van der Waals surface area contributed by atoms with Gasteiger partial charge < -0.3 is 15.4 Å². The van der Waals surface area contributed by atoms with E-state index in [-0.39, 0.29) is 18.4 Å². The summed E-state index contributed by atoms with van der Waals surface area (Å²) in [6.07, 6.45) is 4.66. The molecule has 2 heterocycles. The van der Waals surface area contributed by atoms with Gasteiger partial charge in [-0.3, -0.25) is 14.5 Å². The Labute approximate surface area is 155 Å². The highest BCUT2D eigenvalue weighted by atomic mass is 16.5. The number of piperidine rings is 2. The molecule has 1 aromatic carbocycles. The number of benzene rings is 1. The first-order chi connectivity index (χ1) is 12.5. The molecular formula is C20H29N3O3. The molecule has 3 rings (SSSR count). The molecule has 6 nitrogen and oxygen atoms in total. The number of likely N-dealkylation sites (tertiary alicyclic amines) is 2. The molecule has 2 aliphatic rings. The third-order valence-electron chi connectivity index (χ3n) is 5.72. The zero-order valence-electron chi connectivity index (χ0n) is 15.6. The Bertz CT molecular complexity index is 647. The van der Waals surface area contributed by atoms with Crippen LogP contribution in [-0.4, -0.2) is 59.9 Å². The molecule has 0 saturated carbocycles. The Morgan fingerprint density at radius 1 is 1.12 bits per heavy atom. The number of ether oxygens (including phenoxy) is 1. The molecule has 2 fully saturated rings. The number of nitrogens with two attached hydrogens (primary N) is 1. The number of carbonyl (C=O) groups is 2. The Balaban J connectivity index is 1.56. The van der Waals surface area contributed by atoms with Crippen molar-refractivity contribution in [3.63, 3.8) is 0 Å². The lowest BCUT2D eigenvalue weighted by molar-refractivity contribution is -0.143. The smallest absolute Gasteiger partial charge is 0.260 e. The third-order valence-corrected chi connectivity index (χ3v) is 5.72. The number of amides is 2. The highest BCUT2D eigenvalue weighted by Gasteiger charge is 2.45. The van der Waals surface area contributed by atoms with E-state index in [2.05, 4.69) is 4.90 Å². The van der Waals surface area contributed by atoms with Crippen LogP contribution in [0.2, 0.25) is 0 Å². The molecule has 2 amide bonds. The van der Waals surface area contributed by atoms with Gasteiger partial charge in [-0.25, -0.2) is 0 Å². The fourth-order valence-corrected chi connectivity index (χ4v) is 4.11. The summed E-state index contributed by atoms with van der Waals surface area (Å²) in [5.41, 5.74) is 6.30. The van der Waals surface area contributed by atoms with Gasteiger partial charge in [-0.1, -0.05) is 18.6 Å². The van der Waals surface area contributed by atoms with E-state index in [1.54, 1.807) is 4.90 Å². The Morgan fingerprint density at radius 2 is 1.81 bits per heavy atom. The molecule has 2 N–H and O–H groups in total. The van der Waals surface area contributed by atoms with Crippen LogP contribution in [0.25, 0.3) is 0 Å². The highest BCUT2D eigenvalue weighted by Crippen LogP contribution is 2.31. The lowest BCUT2D eigenvalue weighted by Gasteiger charge is -2.48. The molecule has 0 atom stereocenters. The molecule has 6 heteroatoms. The van der Waals surface area contributed by atoms with Crippen LogP contribution < -0.4 is 10.5 Å². The number of nitrogens with zero attached hydrogens (tertiary/aromatic N) is 2. The first-order valence-electron chi connectivity index (χ1n) is 9.53. The summed E-state index contributed by atoms with van der Waals surface area (Å²) in [5.74, 6) is 0.417. The number of primary amides is 1. The second-order valence-electron chi connectivity index (χ2n) is 7.43. The van der Waals surface area contributed by atoms with Crippen molar-refractivity contribution in [2.75, 3.05) is 32.8 Å². The van der Waals surface area contributed by atoms with Crippen LogP contribution in [0.1, 0.15) is 37.7 Å². The van der Waals surface area contributed by atoms with E-state index in [9.17, 15) is 9.59 Å². The normalized spacial score (nSPS) is 20.6. The van der Waals surface area contributed by atoms with Crippen molar-refractivity contribution in [2.24, 2.45) is 5.73 Å². The lowest BCUT2D eigenvalue weighted by Crippen LogP contribution is -2.64. The summed E-state index contributed by atoms with van der Waals surface area (Å²) in [6.45, 7) is 4.96. The van der Waals surface area contributed by atoms with E-state index in [1.165, 1.54) is 6.42 Å². The second kappa shape index (κ2) is 8.08. The summed E-state index contributed by atoms with van der Waals surface area (Å²) in [6, 6.07) is 7.67. The van der Waals surface area contributed by atoms with Gasteiger partial charge >= 0.3 is 0 Å². The Kier molecular flexibility index (Phi) is 5.81. The summed E-state index contributed by atoms with van der Waals surface area (Å²) < 4.78 is 5.62. The fraction of sp³-hybridized carbons (Fsp3) is 0.600. The summed E-state index contributed by atoms with van der Waals surface area (Å²) in [5, 5.41) is 0. The molecule has 2 saturated heterocycles. The molecule has 26 heavy (non-hydrogen) atoms. The van der Waals surface area contributed by atoms with E-state index in [0.29, 0.717) is 31.7 Å². The van der Waals surface area contributed by atoms with Crippen molar-refractivity contribution in [3.8, 4) is 5.75 Å². The molecule has 0 aromatic heterocycles. The fourth-order valence-electron chi connectivity index (χ4n) is 4.11. The molecule has 1 aromatic rings. The maximum atomic E-state index is 12.5. The van der Waals surface area contributed by atoms with E-state index in [1.807, 2.05) is 31.2 Å². The van der Waals surface area contributed by atoms with Gasteiger partial charge in [0, 0.05) is 13.1 Å². The Morgan fingerprint density at radius 3 is 2.42 bits per heavy atom. The molecule has 0 radical (unpaired) electrons. The van der Waals surface area contributed by atoms with Crippen molar-refractivity contribution in [1.29, 1.82) is 0 Å². The van der Waals surface area contributed by atoms with Crippen LogP contribution in [0.5, 0.6) is 5.75 Å². The number of hydrogen-bond acceptors (Lipinski definition) is 4. The number of aryl methyl sites for hydroxylation is 1. The third kappa shape index (κ3) is 4.01. The summed E-state index contributed by atoms with van der Waals surface area (Å²) in [4.78, 5) is 28.8. The molecule has 142 valence electrons. The minimum atomic E-state index is -0.589. The zero-order chi connectivity index (χ0) is 18.6. The van der Waals surface area contributed by atoms with Gasteiger partial charge in [0.1, 0.15) is 11.3 Å². The average Bonchev–Trinajstić information content (AvgIpc) is 2.67. The first kappa shape index (κ1) is 18.7. The van der Waals surface area contributed by atoms with Crippen molar-refractivity contribution in [1.82, 2.24) is 9.80 Å². The molecular weight excluding hydrogens is 330 g/mol. The maximum Gasteiger partial charge on any atom is 0.260 e. The topological polar surface area (TPSA) is 75.9 Å². The second-order valence-corrected chi connectivity index (χ2v) is 7.43. The van der Waals surface area contributed by atoms with Crippen LogP contribution in [0.3, 0.4) is 0 Å². The number of carbonyl (C=O) groups excluding carboxylic acids is 2. The minimum absolute atomic E-state index is 0.0245. The van der Waals surface area contributed by atoms with Crippen molar-refractivity contribution >= 4 is 11.8 Å². The van der Waals surface area contributed by atoms with E-state index >= 15 is 0 Å².